The van der Waals surface area contributed by atoms with Crippen LogP contribution in [-0.4, -0.2) is 4.98 Å². The monoisotopic (exact) mass is 151 g/mol. The van der Waals surface area contributed by atoms with Crippen molar-refractivity contribution >= 4 is 0 Å². The summed E-state index contributed by atoms with van der Waals surface area (Å²) in [6.45, 7) is 4.28. The van der Waals surface area contributed by atoms with E-state index in [4.69, 9.17) is 0 Å². The summed E-state index contributed by atoms with van der Waals surface area (Å²) >= 11 is 0. The molecule has 0 fully saturated rings. The van der Waals surface area contributed by atoms with E-state index >= 15 is 0 Å². The first-order valence-electron chi connectivity index (χ1n) is 3.92. The molecule has 0 radical (unpaired) electrons. The number of rotatable bonds is 2. The first-order valence-corrected chi connectivity index (χ1v) is 3.92. The Hall–Kier alpha value is -1.05. The number of H-pyrrole nitrogens is 1. The van der Waals surface area contributed by atoms with Gasteiger partial charge in [0.1, 0.15) is 0 Å². The van der Waals surface area contributed by atoms with Gasteiger partial charge in [-0.2, -0.15) is 0 Å². The number of hydrogen-bond acceptors (Lipinski definition) is 1. The Morgan fingerprint density at radius 1 is 1.55 bits per heavy atom. The van der Waals surface area contributed by atoms with Crippen LogP contribution in [0.25, 0.3) is 0 Å². The Kier molecular flexibility index (Phi) is 2.47. The van der Waals surface area contributed by atoms with Gasteiger partial charge in [-0.3, -0.25) is 4.79 Å². The number of hydrogen-bond donors (Lipinski definition) is 1. The summed E-state index contributed by atoms with van der Waals surface area (Å²) in [5.74, 6) is 0.534. The summed E-state index contributed by atoms with van der Waals surface area (Å²) in [4.78, 5) is 13.3. The van der Waals surface area contributed by atoms with Crippen LogP contribution in [0.3, 0.4) is 0 Å². The third-order valence-electron chi connectivity index (χ3n) is 1.99. The van der Waals surface area contributed by atoms with E-state index in [1.54, 1.807) is 12.3 Å². The zero-order valence-electron chi connectivity index (χ0n) is 6.92. The van der Waals surface area contributed by atoms with Gasteiger partial charge >= 0.3 is 0 Å². The highest BCUT2D eigenvalue weighted by atomic mass is 16.1. The van der Waals surface area contributed by atoms with Gasteiger partial charge < -0.3 is 4.98 Å². The molecule has 0 spiro atoms. The summed E-state index contributed by atoms with van der Waals surface area (Å²) < 4.78 is 0. The molecule has 1 heterocycles. The molecule has 0 bridgehead atoms. The molecule has 60 valence electrons. The second-order valence-electron chi connectivity index (χ2n) is 2.80. The number of aromatic nitrogens is 1. The molecule has 0 aliphatic rings. The van der Waals surface area contributed by atoms with Gasteiger partial charge in [-0.05, 0) is 17.9 Å². The van der Waals surface area contributed by atoms with Crippen LogP contribution in [0.1, 0.15) is 31.7 Å². The maximum absolute atomic E-state index is 10.7. The lowest BCUT2D eigenvalue weighted by Crippen LogP contribution is -2.04. The van der Waals surface area contributed by atoms with Gasteiger partial charge in [-0.25, -0.2) is 0 Å². The standard InChI is InChI=1S/C9H13NO/c1-3-7(2)8-4-5-9(11)10-6-8/h4-7H,3H2,1-2H3,(H,10,11)/t7-/m0/s1. The van der Waals surface area contributed by atoms with Crippen LogP contribution < -0.4 is 5.56 Å². The SMILES string of the molecule is CC[C@H](C)c1ccc(=O)[nH]c1. The van der Waals surface area contributed by atoms with Crippen LogP contribution in [0, 0.1) is 0 Å². The predicted octanol–water partition coefficient (Wildman–Crippen LogP) is 1.89. The van der Waals surface area contributed by atoms with Gasteiger partial charge in [0.05, 0.1) is 0 Å². The van der Waals surface area contributed by atoms with Gasteiger partial charge in [0.2, 0.25) is 5.56 Å². The molecule has 2 heteroatoms. The van der Waals surface area contributed by atoms with E-state index in [1.807, 2.05) is 6.07 Å². The lowest BCUT2D eigenvalue weighted by atomic mass is 10.0. The quantitative estimate of drug-likeness (QED) is 0.687. The third kappa shape index (κ3) is 1.93. The maximum atomic E-state index is 10.7. The third-order valence-corrected chi connectivity index (χ3v) is 1.99. The molecule has 11 heavy (non-hydrogen) atoms. The number of pyridine rings is 1. The highest BCUT2D eigenvalue weighted by molar-refractivity contribution is 5.13. The van der Waals surface area contributed by atoms with E-state index in [9.17, 15) is 4.79 Å². The van der Waals surface area contributed by atoms with Crippen LogP contribution in [0.4, 0.5) is 0 Å². The average Bonchev–Trinajstić information content (AvgIpc) is 2.05. The molecular formula is C9H13NO. The summed E-state index contributed by atoms with van der Waals surface area (Å²) in [6, 6.07) is 3.45. The van der Waals surface area contributed by atoms with Crippen LogP contribution in [-0.2, 0) is 0 Å². The summed E-state index contributed by atoms with van der Waals surface area (Å²) in [5.41, 5.74) is 1.17. The van der Waals surface area contributed by atoms with E-state index in [0.29, 0.717) is 5.92 Å². The van der Waals surface area contributed by atoms with Crippen molar-refractivity contribution in [2.45, 2.75) is 26.2 Å². The van der Waals surface area contributed by atoms with Crippen molar-refractivity contribution in [1.82, 2.24) is 4.98 Å². The Bertz CT molecular complexity index is 257. The van der Waals surface area contributed by atoms with E-state index in [-0.39, 0.29) is 5.56 Å². The zero-order chi connectivity index (χ0) is 8.27. The fourth-order valence-corrected chi connectivity index (χ4v) is 0.965. The first kappa shape index (κ1) is 8.05. The minimum absolute atomic E-state index is 0.0305. The molecule has 0 aromatic carbocycles. The second kappa shape index (κ2) is 3.37. The number of aromatic amines is 1. The van der Waals surface area contributed by atoms with E-state index in [2.05, 4.69) is 18.8 Å². The molecule has 1 aromatic rings. The molecule has 1 atom stereocenters. The molecule has 0 saturated carbocycles. The van der Waals surface area contributed by atoms with Crippen LogP contribution in [0.5, 0.6) is 0 Å². The first-order chi connectivity index (χ1) is 5.24. The largest absolute Gasteiger partial charge is 0.329 e. The maximum Gasteiger partial charge on any atom is 0.247 e. The zero-order valence-corrected chi connectivity index (χ0v) is 6.92. The van der Waals surface area contributed by atoms with E-state index in [1.165, 1.54) is 5.56 Å². The van der Waals surface area contributed by atoms with Gasteiger partial charge in [0, 0.05) is 12.3 Å². The Balaban J connectivity index is 2.89. The Morgan fingerprint density at radius 2 is 2.27 bits per heavy atom. The Labute approximate surface area is 66.3 Å². The highest BCUT2D eigenvalue weighted by Gasteiger charge is 2.00. The second-order valence-corrected chi connectivity index (χ2v) is 2.80. The number of nitrogens with one attached hydrogen (secondary N) is 1. The molecule has 0 aliphatic heterocycles. The lowest BCUT2D eigenvalue weighted by Gasteiger charge is -2.06. The fourth-order valence-electron chi connectivity index (χ4n) is 0.965. The van der Waals surface area contributed by atoms with Gasteiger partial charge in [-0.15, -0.1) is 0 Å². The minimum atomic E-state index is -0.0305. The normalized spacial score (nSPS) is 12.9. The van der Waals surface area contributed by atoms with Gasteiger partial charge in [0.25, 0.3) is 0 Å². The van der Waals surface area contributed by atoms with Crippen LogP contribution in [0.2, 0.25) is 0 Å². The fraction of sp³-hybridized carbons (Fsp3) is 0.444. The lowest BCUT2D eigenvalue weighted by molar-refractivity contribution is 0.728. The Morgan fingerprint density at radius 3 is 2.73 bits per heavy atom. The molecule has 2 nitrogen and oxygen atoms in total. The average molecular weight is 151 g/mol. The molecular weight excluding hydrogens is 138 g/mol. The molecule has 0 unspecified atom stereocenters. The molecule has 0 saturated heterocycles. The van der Waals surface area contributed by atoms with Crippen molar-refractivity contribution in [3.05, 3.63) is 34.2 Å². The van der Waals surface area contributed by atoms with Crippen molar-refractivity contribution < 1.29 is 0 Å². The van der Waals surface area contributed by atoms with Gasteiger partial charge in [0.15, 0.2) is 0 Å². The summed E-state index contributed by atoms with van der Waals surface area (Å²) in [5, 5.41) is 0. The summed E-state index contributed by atoms with van der Waals surface area (Å²) in [7, 11) is 0. The highest BCUT2D eigenvalue weighted by Crippen LogP contribution is 2.15. The molecule has 0 aliphatic carbocycles. The molecule has 1 N–H and O–H groups in total. The molecule has 0 amide bonds. The molecule has 1 aromatic heterocycles. The van der Waals surface area contributed by atoms with Crippen molar-refractivity contribution in [2.24, 2.45) is 0 Å². The van der Waals surface area contributed by atoms with Crippen molar-refractivity contribution in [1.29, 1.82) is 0 Å². The predicted molar refractivity (Wildman–Crippen MR) is 45.8 cm³/mol. The van der Waals surface area contributed by atoms with E-state index in [0.717, 1.165) is 6.42 Å². The topological polar surface area (TPSA) is 32.9 Å². The van der Waals surface area contributed by atoms with Gasteiger partial charge in [-0.1, -0.05) is 19.9 Å². The van der Waals surface area contributed by atoms with Crippen molar-refractivity contribution in [2.75, 3.05) is 0 Å². The van der Waals surface area contributed by atoms with Crippen LogP contribution >= 0.6 is 0 Å². The van der Waals surface area contributed by atoms with Crippen molar-refractivity contribution in [3.63, 3.8) is 0 Å². The smallest absolute Gasteiger partial charge is 0.247 e. The summed E-state index contributed by atoms with van der Waals surface area (Å²) in [6.07, 6.45) is 2.89. The van der Waals surface area contributed by atoms with E-state index < -0.39 is 0 Å². The minimum Gasteiger partial charge on any atom is -0.329 e. The molecule has 1 rings (SSSR count). The van der Waals surface area contributed by atoms with Crippen LogP contribution in [0.15, 0.2) is 23.1 Å². The van der Waals surface area contributed by atoms with Crippen molar-refractivity contribution in [3.8, 4) is 0 Å².